The van der Waals surface area contributed by atoms with Crippen LogP contribution >= 0.6 is 0 Å². The van der Waals surface area contributed by atoms with Gasteiger partial charge in [-0.2, -0.15) is 0 Å². The van der Waals surface area contributed by atoms with E-state index >= 15 is 0 Å². The van der Waals surface area contributed by atoms with Crippen LogP contribution in [0, 0.1) is 13.8 Å². The highest BCUT2D eigenvalue weighted by Crippen LogP contribution is 2.00. The maximum atomic E-state index is 8.71. The van der Waals surface area contributed by atoms with Crippen LogP contribution in [0.1, 0.15) is 11.5 Å². The van der Waals surface area contributed by atoms with E-state index in [1.165, 1.54) is 0 Å². The number of rotatable bonds is 1. The zero-order valence-corrected chi connectivity index (χ0v) is 5.63. The van der Waals surface area contributed by atoms with Crippen molar-refractivity contribution in [1.29, 1.82) is 0 Å². The van der Waals surface area contributed by atoms with Gasteiger partial charge in [0.15, 0.2) is 0 Å². The zero-order chi connectivity index (χ0) is 6.85. The van der Waals surface area contributed by atoms with Crippen LogP contribution in [0.15, 0.2) is 6.20 Å². The molecule has 0 aliphatic rings. The van der Waals surface area contributed by atoms with E-state index in [9.17, 15) is 0 Å². The van der Waals surface area contributed by atoms with E-state index in [2.05, 4.69) is 4.98 Å². The van der Waals surface area contributed by atoms with Crippen LogP contribution in [0.25, 0.3) is 0 Å². The first-order valence-electron chi connectivity index (χ1n) is 2.85. The minimum atomic E-state index is 0.0255. The number of hydrogen-bond acceptors (Lipinski definition) is 2. The SMILES string of the molecule is Cc1cnc(C)n1CO. The Hall–Kier alpha value is -0.830. The van der Waals surface area contributed by atoms with Crippen molar-refractivity contribution < 1.29 is 5.11 Å². The quantitative estimate of drug-likeness (QED) is 0.593. The van der Waals surface area contributed by atoms with Crippen LogP contribution in [0.3, 0.4) is 0 Å². The molecule has 1 heterocycles. The highest BCUT2D eigenvalue weighted by Gasteiger charge is 1.97. The molecule has 0 aromatic carbocycles. The Balaban J connectivity index is 3.07. The van der Waals surface area contributed by atoms with Crippen molar-refractivity contribution in [2.75, 3.05) is 0 Å². The molecule has 9 heavy (non-hydrogen) atoms. The lowest BCUT2D eigenvalue weighted by atomic mass is 10.5. The predicted molar refractivity (Wildman–Crippen MR) is 33.9 cm³/mol. The molecule has 0 saturated heterocycles. The third-order valence-electron chi connectivity index (χ3n) is 1.40. The molecule has 1 aromatic heterocycles. The van der Waals surface area contributed by atoms with Crippen molar-refractivity contribution >= 4 is 0 Å². The van der Waals surface area contributed by atoms with Crippen molar-refractivity contribution in [1.82, 2.24) is 9.55 Å². The van der Waals surface area contributed by atoms with Gasteiger partial charge in [0, 0.05) is 11.9 Å². The average Bonchev–Trinajstić information content (AvgIpc) is 2.12. The molecule has 0 aliphatic carbocycles. The monoisotopic (exact) mass is 126 g/mol. The lowest BCUT2D eigenvalue weighted by Gasteiger charge is -1.99. The molecule has 50 valence electrons. The van der Waals surface area contributed by atoms with Gasteiger partial charge in [-0.3, -0.25) is 0 Å². The molecule has 0 radical (unpaired) electrons. The van der Waals surface area contributed by atoms with E-state index in [4.69, 9.17) is 5.11 Å². The van der Waals surface area contributed by atoms with Crippen molar-refractivity contribution in [3.05, 3.63) is 17.7 Å². The largest absolute Gasteiger partial charge is 0.376 e. The molecule has 0 amide bonds. The van der Waals surface area contributed by atoms with Gasteiger partial charge in [-0.05, 0) is 13.8 Å². The second kappa shape index (κ2) is 2.19. The van der Waals surface area contributed by atoms with Gasteiger partial charge in [-0.25, -0.2) is 4.98 Å². The van der Waals surface area contributed by atoms with E-state index in [1.807, 2.05) is 13.8 Å². The minimum Gasteiger partial charge on any atom is -0.376 e. The Morgan fingerprint density at radius 3 is 2.56 bits per heavy atom. The van der Waals surface area contributed by atoms with Gasteiger partial charge in [0.2, 0.25) is 0 Å². The molecule has 0 atom stereocenters. The van der Waals surface area contributed by atoms with E-state index < -0.39 is 0 Å². The third-order valence-corrected chi connectivity index (χ3v) is 1.40. The fourth-order valence-corrected chi connectivity index (χ4v) is 0.795. The highest BCUT2D eigenvalue weighted by molar-refractivity contribution is 5.00. The van der Waals surface area contributed by atoms with Gasteiger partial charge in [0.05, 0.1) is 0 Å². The molecule has 0 aliphatic heterocycles. The van der Waals surface area contributed by atoms with Crippen molar-refractivity contribution in [3.8, 4) is 0 Å². The lowest BCUT2D eigenvalue weighted by Crippen LogP contribution is -2.00. The second-order valence-corrected chi connectivity index (χ2v) is 2.02. The van der Waals surface area contributed by atoms with E-state index in [1.54, 1.807) is 10.8 Å². The van der Waals surface area contributed by atoms with Crippen LogP contribution < -0.4 is 0 Å². The van der Waals surface area contributed by atoms with E-state index in [0.29, 0.717) is 0 Å². The summed E-state index contributed by atoms with van der Waals surface area (Å²) in [6.07, 6.45) is 1.74. The Kier molecular flexibility index (Phi) is 1.53. The van der Waals surface area contributed by atoms with Gasteiger partial charge in [0.1, 0.15) is 12.6 Å². The first kappa shape index (κ1) is 6.29. The summed E-state index contributed by atoms with van der Waals surface area (Å²) in [4.78, 5) is 3.99. The number of aliphatic hydroxyl groups is 1. The maximum Gasteiger partial charge on any atom is 0.121 e. The molecule has 0 bridgehead atoms. The summed E-state index contributed by atoms with van der Waals surface area (Å²) in [5.74, 6) is 0.856. The summed E-state index contributed by atoms with van der Waals surface area (Å²) in [6.45, 7) is 3.80. The number of aromatic nitrogens is 2. The Bertz CT molecular complexity index is 185. The second-order valence-electron chi connectivity index (χ2n) is 2.02. The lowest BCUT2D eigenvalue weighted by molar-refractivity contribution is 0.205. The van der Waals surface area contributed by atoms with Crippen molar-refractivity contribution in [3.63, 3.8) is 0 Å². The normalized spacial score (nSPS) is 10.1. The zero-order valence-electron chi connectivity index (χ0n) is 5.63. The molecule has 1 aromatic rings. The van der Waals surface area contributed by atoms with Crippen molar-refractivity contribution in [2.24, 2.45) is 0 Å². The molecular formula is C6H10N2O. The maximum absolute atomic E-state index is 8.71. The topological polar surface area (TPSA) is 38.0 Å². The molecule has 0 saturated carbocycles. The molecule has 3 nitrogen and oxygen atoms in total. The van der Waals surface area contributed by atoms with Crippen LogP contribution in [-0.2, 0) is 6.73 Å². The first-order chi connectivity index (χ1) is 4.25. The van der Waals surface area contributed by atoms with E-state index in [-0.39, 0.29) is 6.73 Å². The van der Waals surface area contributed by atoms with Crippen LogP contribution in [0.5, 0.6) is 0 Å². The average molecular weight is 126 g/mol. The summed E-state index contributed by atoms with van der Waals surface area (Å²) in [7, 11) is 0. The summed E-state index contributed by atoms with van der Waals surface area (Å²) >= 11 is 0. The third kappa shape index (κ3) is 0.954. The van der Waals surface area contributed by atoms with Crippen molar-refractivity contribution in [2.45, 2.75) is 20.6 Å². The number of aryl methyl sites for hydroxylation is 2. The van der Waals surface area contributed by atoms with Gasteiger partial charge >= 0.3 is 0 Å². The molecule has 0 spiro atoms. The molecule has 0 unspecified atom stereocenters. The van der Waals surface area contributed by atoms with Crippen LogP contribution in [0.4, 0.5) is 0 Å². The molecule has 1 N–H and O–H groups in total. The van der Waals surface area contributed by atoms with Gasteiger partial charge < -0.3 is 9.67 Å². The Morgan fingerprint density at radius 2 is 2.33 bits per heavy atom. The predicted octanol–water partition coefficient (Wildman–Crippen LogP) is 0.450. The summed E-state index contributed by atoms with van der Waals surface area (Å²) in [5.41, 5.74) is 0.995. The number of imidazole rings is 1. The van der Waals surface area contributed by atoms with Crippen LogP contribution in [-0.4, -0.2) is 14.7 Å². The van der Waals surface area contributed by atoms with Gasteiger partial charge in [-0.15, -0.1) is 0 Å². The summed E-state index contributed by atoms with van der Waals surface area (Å²) < 4.78 is 1.74. The molecule has 1 rings (SSSR count). The number of aliphatic hydroxyl groups excluding tert-OH is 1. The number of nitrogens with zero attached hydrogens (tertiary/aromatic N) is 2. The smallest absolute Gasteiger partial charge is 0.121 e. The number of hydrogen-bond donors (Lipinski definition) is 1. The summed E-state index contributed by atoms with van der Waals surface area (Å²) in [6, 6.07) is 0. The molecular weight excluding hydrogens is 116 g/mol. The van der Waals surface area contributed by atoms with E-state index in [0.717, 1.165) is 11.5 Å². The van der Waals surface area contributed by atoms with Gasteiger partial charge in [0.25, 0.3) is 0 Å². The fourth-order valence-electron chi connectivity index (χ4n) is 0.795. The van der Waals surface area contributed by atoms with Gasteiger partial charge in [-0.1, -0.05) is 0 Å². The van der Waals surface area contributed by atoms with Crippen LogP contribution in [0.2, 0.25) is 0 Å². The minimum absolute atomic E-state index is 0.0255. The standard InChI is InChI=1S/C6H10N2O/c1-5-3-7-6(2)8(5)4-9/h3,9H,4H2,1-2H3. The Labute approximate surface area is 54.0 Å². The fraction of sp³-hybridized carbons (Fsp3) is 0.500. The Morgan fingerprint density at radius 1 is 1.67 bits per heavy atom. The summed E-state index contributed by atoms with van der Waals surface area (Å²) in [5, 5.41) is 8.71. The highest BCUT2D eigenvalue weighted by atomic mass is 16.3. The first-order valence-corrected chi connectivity index (χ1v) is 2.85. The molecule has 3 heteroatoms. The molecule has 0 fully saturated rings.